The Labute approximate surface area is 128 Å². The Morgan fingerprint density at radius 2 is 1.57 bits per heavy atom. The molecule has 0 fully saturated rings. The summed E-state index contributed by atoms with van der Waals surface area (Å²) in [7, 11) is 0. The first-order chi connectivity index (χ1) is 9.73. The highest BCUT2D eigenvalue weighted by atomic mass is 16.4. The minimum Gasteiger partial charge on any atom is -0.481 e. The van der Waals surface area contributed by atoms with Crippen LogP contribution in [0.15, 0.2) is 0 Å². The molecule has 124 valence electrons. The van der Waals surface area contributed by atoms with Crippen molar-refractivity contribution in [3.05, 3.63) is 0 Å². The minimum atomic E-state index is -0.756. The molecule has 0 rings (SSSR count). The van der Waals surface area contributed by atoms with Crippen molar-refractivity contribution in [3.63, 3.8) is 0 Å². The number of rotatable bonds is 10. The number of nitrogens with one attached hydrogen (secondary N) is 2. The number of amides is 2. The molecule has 2 amide bonds. The quantitative estimate of drug-likeness (QED) is 0.580. The minimum absolute atomic E-state index is 0.136. The van der Waals surface area contributed by atoms with Gasteiger partial charge in [0.15, 0.2) is 0 Å². The molecule has 5 heteroatoms. The van der Waals surface area contributed by atoms with Crippen molar-refractivity contribution < 1.29 is 14.7 Å². The molecule has 2 atom stereocenters. The molecule has 0 radical (unpaired) electrons. The van der Waals surface area contributed by atoms with Crippen molar-refractivity contribution in [1.82, 2.24) is 10.6 Å². The number of aliphatic carboxylic acids is 1. The van der Waals surface area contributed by atoms with Crippen molar-refractivity contribution in [3.8, 4) is 0 Å². The summed E-state index contributed by atoms with van der Waals surface area (Å²) in [5, 5.41) is 14.5. The highest BCUT2D eigenvalue weighted by Crippen LogP contribution is 2.20. The van der Waals surface area contributed by atoms with Crippen molar-refractivity contribution in [2.24, 2.45) is 23.7 Å². The lowest BCUT2D eigenvalue weighted by Crippen LogP contribution is -2.39. The topological polar surface area (TPSA) is 78.4 Å². The number of urea groups is 1. The molecule has 0 aromatic rings. The molecule has 0 aliphatic carbocycles. The molecule has 0 aliphatic heterocycles. The molecular weight excluding hydrogens is 268 g/mol. The first-order valence-electron chi connectivity index (χ1n) is 7.97. The fourth-order valence-corrected chi connectivity index (χ4v) is 2.04. The van der Waals surface area contributed by atoms with Gasteiger partial charge in [0.05, 0.1) is 0 Å². The molecule has 0 spiro atoms. The van der Waals surface area contributed by atoms with Crippen LogP contribution < -0.4 is 10.6 Å². The van der Waals surface area contributed by atoms with Crippen LogP contribution in [0.1, 0.15) is 53.9 Å². The van der Waals surface area contributed by atoms with Gasteiger partial charge in [-0.15, -0.1) is 0 Å². The third kappa shape index (κ3) is 10.2. The van der Waals surface area contributed by atoms with E-state index in [0.717, 1.165) is 6.42 Å². The highest BCUT2D eigenvalue weighted by Gasteiger charge is 2.15. The molecule has 0 saturated carbocycles. The zero-order chi connectivity index (χ0) is 16.4. The van der Waals surface area contributed by atoms with Gasteiger partial charge in [-0.2, -0.15) is 0 Å². The summed E-state index contributed by atoms with van der Waals surface area (Å²) >= 11 is 0. The van der Waals surface area contributed by atoms with Crippen LogP contribution in [-0.4, -0.2) is 30.2 Å². The summed E-state index contributed by atoms with van der Waals surface area (Å²) in [6.45, 7) is 11.8. The van der Waals surface area contributed by atoms with Gasteiger partial charge < -0.3 is 15.7 Å². The summed E-state index contributed by atoms with van der Waals surface area (Å²) in [5.41, 5.74) is 0. The fourth-order valence-electron chi connectivity index (χ4n) is 2.04. The van der Waals surface area contributed by atoms with Gasteiger partial charge in [-0.05, 0) is 36.5 Å². The summed E-state index contributed by atoms with van der Waals surface area (Å²) in [4.78, 5) is 22.3. The Morgan fingerprint density at radius 3 is 2.05 bits per heavy atom. The lowest BCUT2D eigenvalue weighted by molar-refractivity contribution is -0.137. The second kappa shape index (κ2) is 10.5. The maximum Gasteiger partial charge on any atom is 0.314 e. The van der Waals surface area contributed by atoms with Crippen molar-refractivity contribution in [2.75, 3.05) is 13.1 Å². The Morgan fingerprint density at radius 1 is 0.952 bits per heavy atom. The third-order valence-corrected chi connectivity index (χ3v) is 4.20. The third-order valence-electron chi connectivity index (χ3n) is 4.20. The fraction of sp³-hybridized carbons (Fsp3) is 0.875. The van der Waals surface area contributed by atoms with Gasteiger partial charge in [0.2, 0.25) is 0 Å². The molecule has 0 aromatic carbocycles. The molecule has 3 N–H and O–H groups in total. The Kier molecular flexibility index (Phi) is 9.84. The molecule has 0 aromatic heterocycles. The standard InChI is InChI=1S/C16H32N2O3/c1-11(2)13(5)10-18-16(21)17-9-8-14(12(3)4)6-7-15(19)20/h11-14H,6-10H2,1-5H3,(H,19,20)(H2,17,18,21). The van der Waals surface area contributed by atoms with E-state index in [2.05, 4.69) is 45.3 Å². The molecule has 5 nitrogen and oxygen atoms in total. The normalized spacial score (nSPS) is 14.0. The van der Waals surface area contributed by atoms with E-state index in [-0.39, 0.29) is 12.5 Å². The van der Waals surface area contributed by atoms with Crippen molar-refractivity contribution >= 4 is 12.0 Å². The van der Waals surface area contributed by atoms with Gasteiger partial charge in [-0.3, -0.25) is 4.79 Å². The van der Waals surface area contributed by atoms with E-state index in [1.165, 1.54) is 0 Å². The van der Waals surface area contributed by atoms with Crippen molar-refractivity contribution in [2.45, 2.75) is 53.9 Å². The number of hydrogen-bond donors (Lipinski definition) is 3. The van der Waals surface area contributed by atoms with Crippen LogP contribution in [0.3, 0.4) is 0 Å². The van der Waals surface area contributed by atoms with Gasteiger partial charge in [0.1, 0.15) is 0 Å². The maximum atomic E-state index is 11.7. The van der Waals surface area contributed by atoms with Crippen LogP contribution in [0.5, 0.6) is 0 Å². The molecule has 0 saturated heterocycles. The van der Waals surface area contributed by atoms with Gasteiger partial charge in [0.25, 0.3) is 0 Å². The summed E-state index contributed by atoms with van der Waals surface area (Å²) < 4.78 is 0. The Hall–Kier alpha value is -1.26. The first kappa shape index (κ1) is 19.7. The second-order valence-corrected chi connectivity index (χ2v) is 6.58. The lowest BCUT2D eigenvalue weighted by atomic mass is 9.88. The largest absolute Gasteiger partial charge is 0.481 e. The van der Waals surface area contributed by atoms with E-state index in [4.69, 9.17) is 5.11 Å². The van der Waals surface area contributed by atoms with Crippen LogP contribution >= 0.6 is 0 Å². The van der Waals surface area contributed by atoms with E-state index >= 15 is 0 Å². The summed E-state index contributed by atoms with van der Waals surface area (Å²) in [5.74, 6) is 1.00. The number of carbonyl (C=O) groups is 2. The monoisotopic (exact) mass is 300 g/mol. The highest BCUT2D eigenvalue weighted by molar-refractivity contribution is 5.73. The molecular formula is C16H32N2O3. The van der Waals surface area contributed by atoms with E-state index < -0.39 is 5.97 Å². The van der Waals surface area contributed by atoms with Crippen molar-refractivity contribution in [1.29, 1.82) is 0 Å². The lowest BCUT2D eigenvalue weighted by Gasteiger charge is -2.21. The van der Waals surface area contributed by atoms with Gasteiger partial charge in [-0.25, -0.2) is 4.79 Å². The predicted molar refractivity (Wildman–Crippen MR) is 85.2 cm³/mol. The zero-order valence-corrected chi connectivity index (χ0v) is 14.1. The number of carboxylic acids is 1. The second-order valence-electron chi connectivity index (χ2n) is 6.58. The summed E-state index contributed by atoms with van der Waals surface area (Å²) in [6.07, 6.45) is 1.68. The molecule has 0 heterocycles. The zero-order valence-electron chi connectivity index (χ0n) is 14.1. The van der Waals surface area contributed by atoms with E-state index in [9.17, 15) is 9.59 Å². The molecule has 2 unspecified atom stereocenters. The Bertz CT molecular complexity index is 317. The van der Waals surface area contributed by atoms with E-state index in [0.29, 0.717) is 43.2 Å². The average molecular weight is 300 g/mol. The van der Waals surface area contributed by atoms with Crippen LogP contribution in [0.2, 0.25) is 0 Å². The predicted octanol–water partition coefficient (Wildman–Crippen LogP) is 3.10. The number of hydrogen-bond acceptors (Lipinski definition) is 2. The van der Waals surface area contributed by atoms with Gasteiger partial charge in [0, 0.05) is 19.5 Å². The smallest absolute Gasteiger partial charge is 0.314 e. The molecule has 0 bridgehead atoms. The molecule has 21 heavy (non-hydrogen) atoms. The van der Waals surface area contributed by atoms with Crippen LogP contribution in [0.4, 0.5) is 4.79 Å². The number of carbonyl (C=O) groups excluding carboxylic acids is 1. The van der Waals surface area contributed by atoms with Gasteiger partial charge >= 0.3 is 12.0 Å². The average Bonchev–Trinajstić information content (AvgIpc) is 2.38. The van der Waals surface area contributed by atoms with Gasteiger partial charge in [-0.1, -0.05) is 34.6 Å². The van der Waals surface area contributed by atoms with Crippen LogP contribution in [0.25, 0.3) is 0 Å². The van der Waals surface area contributed by atoms with E-state index in [1.807, 2.05) is 0 Å². The Balaban J connectivity index is 3.92. The summed E-state index contributed by atoms with van der Waals surface area (Å²) in [6, 6.07) is -0.136. The maximum absolute atomic E-state index is 11.7. The van der Waals surface area contributed by atoms with E-state index in [1.54, 1.807) is 0 Å². The SMILES string of the molecule is CC(C)C(C)CNC(=O)NCCC(CCC(=O)O)C(C)C. The first-order valence-corrected chi connectivity index (χ1v) is 7.97. The van der Waals surface area contributed by atoms with Crippen LogP contribution in [-0.2, 0) is 4.79 Å². The van der Waals surface area contributed by atoms with Crippen LogP contribution in [0, 0.1) is 23.7 Å². The number of carboxylic acid groups (broad SMARTS) is 1. The molecule has 0 aliphatic rings.